The van der Waals surface area contributed by atoms with Crippen LogP contribution in [0.3, 0.4) is 0 Å². The molecule has 8 heteroatoms. The van der Waals surface area contributed by atoms with Crippen LogP contribution >= 0.6 is 0 Å². The number of ether oxygens (including phenoxy) is 1. The summed E-state index contributed by atoms with van der Waals surface area (Å²) in [6, 6.07) is 0. The van der Waals surface area contributed by atoms with Crippen molar-refractivity contribution in [2.75, 3.05) is 20.2 Å². The number of carboxylic acid groups (broad SMARTS) is 1. The molecular weight excluding hydrogens is 509 g/mol. The molecule has 0 aromatic carbocycles. The summed E-state index contributed by atoms with van der Waals surface area (Å²) in [5, 5.41) is 11.1. The normalized spacial score (nSPS) is 12.3. The Morgan fingerprint density at radius 3 is 2.60 bits per heavy atom. The summed E-state index contributed by atoms with van der Waals surface area (Å²) in [6.07, 6.45) is 2.91. The first-order valence-corrected chi connectivity index (χ1v) is 5.74. The summed E-state index contributed by atoms with van der Waals surface area (Å²) >= 11 is 0. The Balaban J connectivity index is 0. The van der Waals surface area contributed by atoms with Gasteiger partial charge in [-0.1, -0.05) is 12.7 Å². The molecule has 0 bridgehead atoms. The van der Waals surface area contributed by atoms with Gasteiger partial charge >= 0.3 is 12.1 Å². The largest absolute Gasteiger partial charge is 0.520 e. The van der Waals surface area contributed by atoms with Crippen LogP contribution in [0.2, 0.25) is 0 Å². The van der Waals surface area contributed by atoms with Crippen molar-refractivity contribution >= 4 is 18.5 Å². The molecule has 0 aromatic heterocycles. The van der Waals surface area contributed by atoms with Gasteiger partial charge in [-0.05, 0) is 19.8 Å². The third-order valence-electron chi connectivity index (χ3n) is 2.61. The van der Waals surface area contributed by atoms with Crippen molar-refractivity contribution in [3.05, 3.63) is 12.7 Å². The summed E-state index contributed by atoms with van der Waals surface area (Å²) in [4.78, 5) is 34.0. The van der Waals surface area contributed by atoms with E-state index in [-0.39, 0.29) is 13.0 Å². The standard InChI is InChI=1S/C12H19N2O5.Fm/c1-4-8-19-11(18)14(3)7-5-6-12(2,10(16)17)13-9-15;/h4H,1,5-8H2,2-3H3,(H,13,15)(H,16,17);/q-1;. The predicted octanol–water partition coefficient (Wildman–Crippen LogP) is 0.521. The van der Waals surface area contributed by atoms with Crippen LogP contribution in [0.1, 0.15) is 19.8 Å². The Morgan fingerprint density at radius 1 is 1.55 bits per heavy atom. The molecule has 7 nitrogen and oxygen atoms in total. The van der Waals surface area contributed by atoms with Crippen molar-refractivity contribution in [3.8, 4) is 0 Å². The van der Waals surface area contributed by atoms with Crippen LogP contribution < -0.4 is 5.32 Å². The zero-order valence-electron chi connectivity index (χ0n) is 11.4. The van der Waals surface area contributed by atoms with Gasteiger partial charge in [0.15, 0.2) is 0 Å². The van der Waals surface area contributed by atoms with Crippen LogP contribution in [0.5, 0.6) is 0 Å². The molecule has 0 saturated carbocycles. The molecule has 0 fully saturated rings. The van der Waals surface area contributed by atoms with Crippen LogP contribution in [0, 0.1) is 0 Å². The van der Waals surface area contributed by atoms with Gasteiger partial charge in [-0.2, -0.15) is 6.41 Å². The molecule has 0 rings (SSSR count). The summed E-state index contributed by atoms with van der Waals surface area (Å²) < 4.78 is 4.81. The fourth-order valence-electron chi connectivity index (χ4n) is 1.34. The first kappa shape index (κ1) is 19.3. The average Bonchev–Trinajstić information content (AvgIpc) is 2.35. The fourth-order valence-corrected chi connectivity index (χ4v) is 1.34. The summed E-state index contributed by atoms with van der Waals surface area (Å²) in [6.45, 7) is 5.25. The molecule has 0 aliphatic carbocycles. The number of carbonyl (C=O) groups is 2. The molecule has 20 heavy (non-hydrogen) atoms. The topological polar surface area (TPSA) is 95.9 Å². The minimum absolute atomic E-state index is 0. The maximum absolute atomic E-state index is 11.4. The fraction of sp³-hybridized carbons (Fsp3) is 0.583. The van der Waals surface area contributed by atoms with E-state index in [1.54, 1.807) is 7.05 Å². The number of hydrogen-bond acceptors (Lipinski definition) is 4. The molecule has 0 saturated heterocycles. The second kappa shape index (κ2) is 8.96. The van der Waals surface area contributed by atoms with E-state index in [1.165, 1.54) is 24.3 Å². The SMILES string of the molecule is C=CCOC(=O)N(C)CCCC(C)(N[C-]=O)C(=O)O.[Fm]. The molecular formula is C12H19FmN2O5-. The maximum Gasteiger partial charge on any atom is 0.409 e. The van der Waals surface area contributed by atoms with Crippen molar-refractivity contribution < 1.29 is 24.2 Å². The predicted molar refractivity (Wildman–Crippen MR) is 68.3 cm³/mol. The number of hydrogen-bond donors (Lipinski definition) is 2. The van der Waals surface area contributed by atoms with Crippen LogP contribution in [0.4, 0.5) is 4.79 Å². The number of aliphatic carboxylic acids is 1. The first-order valence-electron chi connectivity index (χ1n) is 5.74. The van der Waals surface area contributed by atoms with E-state index in [0.717, 1.165) is 0 Å². The van der Waals surface area contributed by atoms with Gasteiger partial charge in [-0.3, -0.25) is 0 Å². The molecule has 0 heterocycles. The Hall–Kier alpha value is -3.05. The van der Waals surface area contributed by atoms with Crippen LogP contribution in [-0.2, 0) is 14.3 Å². The van der Waals surface area contributed by atoms with E-state index in [2.05, 4.69) is 11.9 Å². The number of rotatable bonds is 9. The molecule has 120 valence electrons. The van der Waals surface area contributed by atoms with Gasteiger partial charge in [0.2, 0.25) is 0 Å². The van der Waals surface area contributed by atoms with Gasteiger partial charge in [-0.15, -0.1) is 0 Å². The second-order valence-electron chi connectivity index (χ2n) is 4.26. The minimum Gasteiger partial charge on any atom is -0.520 e. The van der Waals surface area contributed by atoms with Crippen molar-refractivity contribution in [1.29, 1.82) is 0 Å². The van der Waals surface area contributed by atoms with Crippen molar-refractivity contribution in [2.24, 2.45) is 0 Å². The van der Waals surface area contributed by atoms with E-state index in [0.29, 0.717) is 13.0 Å². The van der Waals surface area contributed by atoms with Crippen LogP contribution in [0.25, 0.3) is 0 Å². The average molecular weight is 528 g/mol. The van der Waals surface area contributed by atoms with Gasteiger partial charge in [-0.25, -0.2) is 9.59 Å². The Kier molecular flexibility index (Phi) is 8.64. The van der Waals surface area contributed by atoms with Crippen molar-refractivity contribution in [3.63, 3.8) is 0 Å². The molecule has 2 N–H and O–H groups in total. The van der Waals surface area contributed by atoms with E-state index in [1.807, 2.05) is 0 Å². The van der Waals surface area contributed by atoms with E-state index >= 15 is 0 Å². The summed E-state index contributed by atoms with van der Waals surface area (Å²) in [5.74, 6) is -1.15. The van der Waals surface area contributed by atoms with Crippen molar-refractivity contribution in [1.82, 2.24) is 10.2 Å². The Bertz CT molecular complexity index is 351. The van der Waals surface area contributed by atoms with Gasteiger partial charge in [0.1, 0.15) is 12.1 Å². The summed E-state index contributed by atoms with van der Waals surface area (Å²) in [5.41, 5.74) is -1.38. The van der Waals surface area contributed by atoms with E-state index in [4.69, 9.17) is 9.84 Å². The molecule has 1 unspecified atom stereocenters. The van der Waals surface area contributed by atoms with Gasteiger partial charge < -0.3 is 24.9 Å². The third kappa shape index (κ3) is 6.04. The maximum atomic E-state index is 11.4. The zero-order valence-corrected chi connectivity index (χ0v) is 13.8. The number of carbonyl (C=O) groups excluding carboxylic acids is 2. The van der Waals surface area contributed by atoms with E-state index in [9.17, 15) is 14.4 Å². The number of nitrogens with zero attached hydrogens (tertiary/aromatic N) is 1. The van der Waals surface area contributed by atoms with E-state index < -0.39 is 17.6 Å². The molecule has 1 atom stereocenters. The van der Waals surface area contributed by atoms with Gasteiger partial charge in [0, 0.05) is 13.6 Å². The molecule has 0 spiro atoms. The number of nitrogens with one attached hydrogen (secondary N) is 1. The molecule has 2 amide bonds. The zero-order chi connectivity index (χ0) is 14.9. The molecule has 0 aliphatic heterocycles. The number of carboxylic acids is 1. The second-order valence-corrected chi connectivity index (χ2v) is 4.26. The third-order valence-corrected chi connectivity index (χ3v) is 2.61. The Morgan fingerprint density at radius 2 is 2.15 bits per heavy atom. The monoisotopic (exact) mass is 528 g/mol. The van der Waals surface area contributed by atoms with Crippen molar-refractivity contribution in [2.45, 2.75) is 25.3 Å². The number of amides is 2. The smallest absolute Gasteiger partial charge is 0.409 e. The summed E-state index contributed by atoms with van der Waals surface area (Å²) in [7, 11) is 1.54. The minimum atomic E-state index is -1.38. The first-order chi connectivity index (χ1) is 8.87. The Labute approximate surface area is 112 Å². The van der Waals surface area contributed by atoms with Gasteiger partial charge in [0.25, 0.3) is 0 Å². The molecule has 0 aliphatic rings. The van der Waals surface area contributed by atoms with Crippen LogP contribution in [0.15, 0.2) is 12.7 Å². The van der Waals surface area contributed by atoms with Crippen LogP contribution in [-0.4, -0.2) is 54.2 Å². The van der Waals surface area contributed by atoms with Gasteiger partial charge in [0.05, 0.1) is 0 Å². The molecule has 0 radical (unpaired) electrons. The molecule has 0 aromatic rings. The quantitative estimate of drug-likeness (QED) is 0.259.